The van der Waals surface area contributed by atoms with Gasteiger partial charge in [0.2, 0.25) is 0 Å². The number of hydrogen-bond acceptors (Lipinski definition) is 3. The second-order valence-electron chi connectivity index (χ2n) is 3.36. The van der Waals surface area contributed by atoms with Gasteiger partial charge in [0.15, 0.2) is 0 Å². The van der Waals surface area contributed by atoms with Crippen molar-refractivity contribution in [3.05, 3.63) is 0 Å². The lowest BCUT2D eigenvalue weighted by Crippen LogP contribution is -2.35. The molecule has 4 heteroatoms. The molecule has 0 aromatic heterocycles. The SMILES string of the molecule is CN(CC(=N)N)CC1CCCO1. The van der Waals surface area contributed by atoms with E-state index in [0.29, 0.717) is 12.6 Å². The van der Waals surface area contributed by atoms with Crippen molar-refractivity contribution in [3.8, 4) is 0 Å². The lowest BCUT2D eigenvalue weighted by molar-refractivity contribution is 0.0852. The van der Waals surface area contributed by atoms with E-state index in [9.17, 15) is 0 Å². The summed E-state index contributed by atoms with van der Waals surface area (Å²) in [6, 6.07) is 0. The summed E-state index contributed by atoms with van der Waals surface area (Å²) < 4.78 is 5.45. The van der Waals surface area contributed by atoms with Crippen molar-refractivity contribution >= 4 is 5.84 Å². The van der Waals surface area contributed by atoms with Crippen molar-refractivity contribution in [3.63, 3.8) is 0 Å². The Morgan fingerprint density at radius 2 is 2.50 bits per heavy atom. The summed E-state index contributed by atoms with van der Waals surface area (Å²) in [6.07, 6.45) is 2.66. The third-order valence-corrected chi connectivity index (χ3v) is 1.98. The molecule has 70 valence electrons. The van der Waals surface area contributed by atoms with Crippen molar-refractivity contribution in [1.29, 1.82) is 5.41 Å². The van der Waals surface area contributed by atoms with Gasteiger partial charge in [-0.25, -0.2) is 0 Å². The second-order valence-corrected chi connectivity index (χ2v) is 3.36. The fourth-order valence-electron chi connectivity index (χ4n) is 1.49. The first-order chi connectivity index (χ1) is 5.68. The van der Waals surface area contributed by atoms with Crippen molar-refractivity contribution in [2.24, 2.45) is 5.73 Å². The monoisotopic (exact) mass is 171 g/mol. The van der Waals surface area contributed by atoms with Crippen molar-refractivity contribution in [2.75, 3.05) is 26.7 Å². The van der Waals surface area contributed by atoms with Gasteiger partial charge in [-0.3, -0.25) is 10.3 Å². The Bertz CT molecular complexity index is 154. The fraction of sp³-hybridized carbons (Fsp3) is 0.875. The highest BCUT2D eigenvalue weighted by Crippen LogP contribution is 2.12. The summed E-state index contributed by atoms with van der Waals surface area (Å²) in [4.78, 5) is 2.03. The summed E-state index contributed by atoms with van der Waals surface area (Å²) in [5.41, 5.74) is 5.27. The predicted octanol–water partition coefficient (Wildman–Crippen LogP) is 0.0332. The largest absolute Gasteiger partial charge is 0.387 e. The third-order valence-electron chi connectivity index (χ3n) is 1.98. The van der Waals surface area contributed by atoms with Crippen LogP contribution in [0.4, 0.5) is 0 Å². The van der Waals surface area contributed by atoms with E-state index in [2.05, 4.69) is 0 Å². The lowest BCUT2D eigenvalue weighted by Gasteiger charge is -2.19. The van der Waals surface area contributed by atoms with Gasteiger partial charge >= 0.3 is 0 Å². The first-order valence-corrected chi connectivity index (χ1v) is 4.31. The number of nitrogens with one attached hydrogen (secondary N) is 1. The number of amidine groups is 1. The van der Waals surface area contributed by atoms with Crippen LogP contribution >= 0.6 is 0 Å². The Morgan fingerprint density at radius 1 is 1.75 bits per heavy atom. The molecular weight excluding hydrogens is 154 g/mol. The predicted molar refractivity (Wildman–Crippen MR) is 48.4 cm³/mol. The summed E-state index contributed by atoms with van der Waals surface area (Å²) in [7, 11) is 1.96. The molecule has 4 nitrogen and oxygen atoms in total. The van der Waals surface area contributed by atoms with Crippen molar-refractivity contribution < 1.29 is 4.74 Å². The molecule has 1 aliphatic heterocycles. The van der Waals surface area contributed by atoms with E-state index in [1.54, 1.807) is 0 Å². The van der Waals surface area contributed by atoms with Gasteiger partial charge < -0.3 is 10.5 Å². The minimum absolute atomic E-state index is 0.218. The molecule has 1 heterocycles. The zero-order valence-electron chi connectivity index (χ0n) is 7.55. The van der Waals surface area contributed by atoms with E-state index in [4.69, 9.17) is 15.9 Å². The fourth-order valence-corrected chi connectivity index (χ4v) is 1.49. The smallest absolute Gasteiger partial charge is 0.105 e. The van der Waals surface area contributed by atoms with E-state index in [0.717, 1.165) is 19.6 Å². The molecule has 1 atom stereocenters. The van der Waals surface area contributed by atoms with E-state index in [1.165, 1.54) is 6.42 Å². The van der Waals surface area contributed by atoms with Crippen LogP contribution in [0.15, 0.2) is 0 Å². The average Bonchev–Trinajstić information content (AvgIpc) is 2.37. The van der Waals surface area contributed by atoms with Gasteiger partial charge in [0, 0.05) is 13.2 Å². The molecule has 12 heavy (non-hydrogen) atoms. The van der Waals surface area contributed by atoms with Crippen LogP contribution in [0.2, 0.25) is 0 Å². The molecule has 0 radical (unpaired) electrons. The van der Waals surface area contributed by atoms with Crippen molar-refractivity contribution in [2.45, 2.75) is 18.9 Å². The van der Waals surface area contributed by atoms with Gasteiger partial charge in [0.25, 0.3) is 0 Å². The summed E-state index contributed by atoms with van der Waals surface area (Å²) >= 11 is 0. The van der Waals surface area contributed by atoms with Gasteiger partial charge in [0.05, 0.1) is 12.6 Å². The Labute approximate surface area is 73.2 Å². The number of hydrogen-bond donors (Lipinski definition) is 2. The quantitative estimate of drug-likeness (QED) is 0.463. The Kier molecular flexibility index (Phi) is 3.49. The summed E-state index contributed by atoms with van der Waals surface area (Å²) in [6.45, 7) is 2.32. The third kappa shape index (κ3) is 3.19. The molecule has 0 saturated carbocycles. The molecule has 0 amide bonds. The lowest BCUT2D eigenvalue weighted by atomic mass is 10.2. The highest BCUT2D eigenvalue weighted by molar-refractivity contribution is 5.78. The first kappa shape index (κ1) is 9.48. The molecule has 1 rings (SSSR count). The molecule has 0 bridgehead atoms. The van der Waals surface area contributed by atoms with Gasteiger partial charge in [-0.05, 0) is 19.9 Å². The molecule has 0 spiro atoms. The van der Waals surface area contributed by atoms with E-state index >= 15 is 0 Å². The Balaban J connectivity index is 2.16. The Hall–Kier alpha value is -0.610. The van der Waals surface area contributed by atoms with Gasteiger partial charge in [-0.2, -0.15) is 0 Å². The number of likely N-dealkylation sites (N-methyl/N-ethyl adjacent to an activating group) is 1. The zero-order chi connectivity index (χ0) is 8.97. The van der Waals surface area contributed by atoms with Crippen LogP contribution in [0.5, 0.6) is 0 Å². The topological polar surface area (TPSA) is 62.3 Å². The molecule has 1 unspecified atom stereocenters. The minimum Gasteiger partial charge on any atom is -0.387 e. The van der Waals surface area contributed by atoms with E-state index < -0.39 is 0 Å². The van der Waals surface area contributed by atoms with Gasteiger partial charge in [-0.1, -0.05) is 0 Å². The van der Waals surface area contributed by atoms with Crippen LogP contribution in [0.3, 0.4) is 0 Å². The molecule has 0 aromatic carbocycles. The molecule has 0 aliphatic carbocycles. The van der Waals surface area contributed by atoms with E-state index in [1.807, 2.05) is 11.9 Å². The van der Waals surface area contributed by atoms with E-state index in [-0.39, 0.29) is 5.84 Å². The maximum atomic E-state index is 7.09. The molecular formula is C8H17N3O. The number of nitrogens with zero attached hydrogens (tertiary/aromatic N) is 1. The summed E-state index contributed by atoms with van der Waals surface area (Å²) in [5.74, 6) is 0.218. The van der Waals surface area contributed by atoms with Crippen molar-refractivity contribution in [1.82, 2.24) is 4.90 Å². The molecule has 0 aromatic rings. The maximum Gasteiger partial charge on any atom is 0.105 e. The van der Waals surface area contributed by atoms with Gasteiger partial charge in [0.1, 0.15) is 5.84 Å². The highest BCUT2D eigenvalue weighted by atomic mass is 16.5. The molecule has 1 fully saturated rings. The van der Waals surface area contributed by atoms with Crippen LogP contribution in [-0.4, -0.2) is 43.6 Å². The maximum absolute atomic E-state index is 7.09. The average molecular weight is 171 g/mol. The van der Waals surface area contributed by atoms with Gasteiger partial charge in [-0.15, -0.1) is 0 Å². The standard InChI is InChI=1S/C8H17N3O/c1-11(6-8(9)10)5-7-3-2-4-12-7/h7H,2-6H2,1H3,(H3,9,10). The van der Waals surface area contributed by atoms with Crippen LogP contribution < -0.4 is 5.73 Å². The number of rotatable bonds is 4. The normalized spacial score (nSPS) is 23.3. The Morgan fingerprint density at radius 3 is 3.00 bits per heavy atom. The van der Waals surface area contributed by atoms with Crippen LogP contribution in [0.25, 0.3) is 0 Å². The van der Waals surface area contributed by atoms with Crippen LogP contribution in [0.1, 0.15) is 12.8 Å². The highest BCUT2D eigenvalue weighted by Gasteiger charge is 2.17. The van der Waals surface area contributed by atoms with Crippen LogP contribution in [0, 0.1) is 5.41 Å². The summed E-state index contributed by atoms with van der Waals surface area (Å²) in [5, 5.41) is 7.09. The number of ether oxygens (including phenoxy) is 1. The molecule has 1 saturated heterocycles. The first-order valence-electron chi connectivity index (χ1n) is 4.31. The zero-order valence-corrected chi connectivity index (χ0v) is 7.55. The second kappa shape index (κ2) is 4.42. The van der Waals surface area contributed by atoms with Crippen LogP contribution in [-0.2, 0) is 4.74 Å². The number of nitrogens with two attached hydrogens (primary N) is 1. The molecule has 1 aliphatic rings. The molecule has 3 N–H and O–H groups in total. The minimum atomic E-state index is 0.218.